The first-order chi connectivity index (χ1) is 8.73. The van der Waals surface area contributed by atoms with Crippen molar-refractivity contribution < 1.29 is 14.3 Å². The van der Waals surface area contributed by atoms with Crippen LogP contribution in [0, 0.1) is 0 Å². The number of nitrogens with one attached hydrogen (secondary N) is 1. The Morgan fingerprint density at radius 2 is 2.00 bits per heavy atom. The fourth-order valence-electron chi connectivity index (χ4n) is 1.42. The SMILES string of the molecule is COc1ccc(Br)c(NC(C)C(=O)OC(C)(C)C)c1. The standard InChI is InChI=1S/C14H20BrNO3/c1-9(13(17)19-14(2,3)4)16-12-8-10(18-5)6-7-11(12)15/h6-9,16H,1-5H3. The Morgan fingerprint density at radius 3 is 2.53 bits per heavy atom. The van der Waals surface area contributed by atoms with Crippen LogP contribution in [0.25, 0.3) is 0 Å². The molecule has 1 aromatic rings. The first-order valence-electron chi connectivity index (χ1n) is 6.06. The van der Waals surface area contributed by atoms with Crippen molar-refractivity contribution in [3.8, 4) is 5.75 Å². The van der Waals surface area contributed by atoms with Gasteiger partial charge < -0.3 is 14.8 Å². The molecule has 106 valence electrons. The summed E-state index contributed by atoms with van der Waals surface area (Å²) in [6.07, 6.45) is 0. The van der Waals surface area contributed by atoms with Crippen molar-refractivity contribution in [1.82, 2.24) is 0 Å². The van der Waals surface area contributed by atoms with Gasteiger partial charge >= 0.3 is 5.97 Å². The van der Waals surface area contributed by atoms with Gasteiger partial charge in [0.05, 0.1) is 12.8 Å². The van der Waals surface area contributed by atoms with Crippen LogP contribution in [0.3, 0.4) is 0 Å². The van der Waals surface area contributed by atoms with E-state index < -0.39 is 11.6 Å². The lowest BCUT2D eigenvalue weighted by atomic mass is 10.2. The summed E-state index contributed by atoms with van der Waals surface area (Å²) < 4.78 is 11.3. The molecule has 1 rings (SSSR count). The number of hydrogen-bond acceptors (Lipinski definition) is 4. The minimum Gasteiger partial charge on any atom is -0.497 e. The van der Waals surface area contributed by atoms with Crippen LogP contribution in [0.15, 0.2) is 22.7 Å². The number of rotatable bonds is 4. The number of carbonyl (C=O) groups is 1. The van der Waals surface area contributed by atoms with E-state index in [0.29, 0.717) is 0 Å². The Kier molecular flexibility index (Phi) is 5.23. The minimum atomic E-state index is -0.487. The molecule has 0 radical (unpaired) electrons. The van der Waals surface area contributed by atoms with E-state index in [1.54, 1.807) is 14.0 Å². The van der Waals surface area contributed by atoms with Crippen LogP contribution in [0.4, 0.5) is 5.69 Å². The van der Waals surface area contributed by atoms with Crippen LogP contribution in [0.1, 0.15) is 27.7 Å². The summed E-state index contributed by atoms with van der Waals surface area (Å²) in [6, 6.07) is 5.09. The molecule has 0 saturated carbocycles. The van der Waals surface area contributed by atoms with Gasteiger partial charge in [0.15, 0.2) is 0 Å². The third-order valence-electron chi connectivity index (χ3n) is 2.31. The number of methoxy groups -OCH3 is 1. The Hall–Kier alpha value is -1.23. The molecular weight excluding hydrogens is 310 g/mol. The van der Waals surface area contributed by atoms with E-state index in [2.05, 4.69) is 21.2 Å². The van der Waals surface area contributed by atoms with Crippen molar-refractivity contribution in [2.24, 2.45) is 0 Å². The maximum atomic E-state index is 11.9. The highest BCUT2D eigenvalue weighted by Gasteiger charge is 2.22. The van der Waals surface area contributed by atoms with Crippen LogP contribution >= 0.6 is 15.9 Å². The fourth-order valence-corrected chi connectivity index (χ4v) is 1.79. The third-order valence-corrected chi connectivity index (χ3v) is 3.00. The molecule has 0 fully saturated rings. The molecule has 0 heterocycles. The van der Waals surface area contributed by atoms with E-state index in [1.165, 1.54) is 0 Å². The van der Waals surface area contributed by atoms with Gasteiger partial charge in [-0.25, -0.2) is 4.79 Å². The average Bonchev–Trinajstić information content (AvgIpc) is 2.29. The molecule has 0 aliphatic heterocycles. The summed E-state index contributed by atoms with van der Waals surface area (Å²) in [5, 5.41) is 3.11. The summed E-state index contributed by atoms with van der Waals surface area (Å²) in [5.41, 5.74) is 0.302. The van der Waals surface area contributed by atoms with E-state index in [1.807, 2.05) is 39.0 Å². The Morgan fingerprint density at radius 1 is 1.37 bits per heavy atom. The average molecular weight is 330 g/mol. The van der Waals surface area contributed by atoms with Gasteiger partial charge in [0.25, 0.3) is 0 Å². The van der Waals surface area contributed by atoms with Crippen molar-refractivity contribution in [3.05, 3.63) is 22.7 Å². The van der Waals surface area contributed by atoms with E-state index in [0.717, 1.165) is 15.9 Å². The summed E-state index contributed by atoms with van der Waals surface area (Å²) in [7, 11) is 1.60. The van der Waals surface area contributed by atoms with Crippen LogP contribution in [0.5, 0.6) is 5.75 Å². The number of benzene rings is 1. The van der Waals surface area contributed by atoms with Gasteiger partial charge in [0, 0.05) is 10.5 Å². The quantitative estimate of drug-likeness (QED) is 0.857. The van der Waals surface area contributed by atoms with Gasteiger partial charge in [-0.2, -0.15) is 0 Å². The van der Waals surface area contributed by atoms with Crippen LogP contribution in [-0.2, 0) is 9.53 Å². The van der Waals surface area contributed by atoms with Gasteiger partial charge in [-0.15, -0.1) is 0 Å². The van der Waals surface area contributed by atoms with E-state index in [9.17, 15) is 4.79 Å². The predicted octanol–water partition coefficient (Wildman–Crippen LogP) is 3.60. The molecule has 0 aliphatic carbocycles. The molecule has 1 aromatic carbocycles. The molecule has 1 unspecified atom stereocenters. The highest BCUT2D eigenvalue weighted by Crippen LogP contribution is 2.27. The third kappa shape index (κ3) is 5.11. The first kappa shape index (κ1) is 15.8. The summed E-state index contributed by atoms with van der Waals surface area (Å²) >= 11 is 3.43. The molecule has 0 amide bonds. The molecule has 4 nitrogen and oxygen atoms in total. The zero-order valence-electron chi connectivity index (χ0n) is 11.9. The topological polar surface area (TPSA) is 47.6 Å². The second kappa shape index (κ2) is 6.28. The van der Waals surface area contributed by atoms with Gasteiger partial charge in [0.2, 0.25) is 0 Å². The maximum absolute atomic E-state index is 11.9. The number of ether oxygens (including phenoxy) is 2. The summed E-state index contributed by atoms with van der Waals surface area (Å²) in [4.78, 5) is 11.9. The van der Waals surface area contributed by atoms with Gasteiger partial charge in [-0.05, 0) is 55.8 Å². The highest BCUT2D eigenvalue weighted by molar-refractivity contribution is 9.10. The van der Waals surface area contributed by atoms with E-state index in [4.69, 9.17) is 9.47 Å². The lowest BCUT2D eigenvalue weighted by Crippen LogP contribution is -2.34. The molecule has 1 N–H and O–H groups in total. The maximum Gasteiger partial charge on any atom is 0.328 e. The monoisotopic (exact) mass is 329 g/mol. The lowest BCUT2D eigenvalue weighted by Gasteiger charge is -2.23. The summed E-state index contributed by atoms with van der Waals surface area (Å²) in [6.45, 7) is 7.30. The van der Waals surface area contributed by atoms with Crippen molar-refractivity contribution in [2.75, 3.05) is 12.4 Å². The van der Waals surface area contributed by atoms with Crippen LogP contribution in [-0.4, -0.2) is 24.7 Å². The largest absolute Gasteiger partial charge is 0.497 e. The van der Waals surface area contributed by atoms with Gasteiger partial charge in [-0.3, -0.25) is 0 Å². The zero-order valence-corrected chi connectivity index (χ0v) is 13.5. The van der Waals surface area contributed by atoms with Crippen molar-refractivity contribution in [1.29, 1.82) is 0 Å². The fraction of sp³-hybridized carbons (Fsp3) is 0.500. The molecule has 0 aliphatic rings. The van der Waals surface area contributed by atoms with Crippen LogP contribution in [0.2, 0.25) is 0 Å². The number of esters is 1. The van der Waals surface area contributed by atoms with Crippen molar-refractivity contribution >= 4 is 27.6 Å². The molecule has 19 heavy (non-hydrogen) atoms. The first-order valence-corrected chi connectivity index (χ1v) is 6.85. The highest BCUT2D eigenvalue weighted by atomic mass is 79.9. The van der Waals surface area contributed by atoms with Gasteiger partial charge in [0.1, 0.15) is 17.4 Å². The summed E-state index contributed by atoms with van der Waals surface area (Å²) in [5.74, 6) is 0.435. The molecule has 1 atom stereocenters. The van der Waals surface area contributed by atoms with Gasteiger partial charge in [-0.1, -0.05) is 0 Å². The molecule has 0 bridgehead atoms. The normalized spacial score (nSPS) is 12.7. The molecule has 0 saturated heterocycles. The van der Waals surface area contributed by atoms with E-state index in [-0.39, 0.29) is 5.97 Å². The van der Waals surface area contributed by atoms with Crippen molar-refractivity contribution in [3.63, 3.8) is 0 Å². The molecule has 0 spiro atoms. The molecule has 0 aromatic heterocycles. The number of carbonyl (C=O) groups excluding carboxylic acids is 1. The van der Waals surface area contributed by atoms with E-state index >= 15 is 0 Å². The number of halogens is 1. The Balaban J connectivity index is 2.76. The predicted molar refractivity (Wildman–Crippen MR) is 79.6 cm³/mol. The Labute approximate surface area is 122 Å². The Bertz CT molecular complexity index is 454. The number of hydrogen-bond donors (Lipinski definition) is 1. The minimum absolute atomic E-state index is 0.290. The van der Waals surface area contributed by atoms with Crippen LogP contribution < -0.4 is 10.1 Å². The smallest absolute Gasteiger partial charge is 0.328 e. The molecule has 5 heteroatoms. The molecular formula is C14H20BrNO3. The second-order valence-electron chi connectivity index (χ2n) is 5.25. The zero-order chi connectivity index (χ0) is 14.6. The second-order valence-corrected chi connectivity index (χ2v) is 6.10. The lowest BCUT2D eigenvalue weighted by molar-refractivity contribution is -0.155. The van der Waals surface area contributed by atoms with Crippen molar-refractivity contribution in [2.45, 2.75) is 39.3 Å². The number of anilines is 1.